The maximum atomic E-state index is 12.2. The Bertz CT molecular complexity index is 772. The lowest BCUT2D eigenvalue weighted by atomic mass is 10.1. The summed E-state index contributed by atoms with van der Waals surface area (Å²) in [6, 6.07) is 11.2. The van der Waals surface area contributed by atoms with Crippen LogP contribution < -0.4 is 10.6 Å². The van der Waals surface area contributed by atoms with Crippen LogP contribution in [0.4, 0.5) is 5.69 Å². The van der Waals surface area contributed by atoms with E-state index in [2.05, 4.69) is 10.6 Å². The van der Waals surface area contributed by atoms with Gasteiger partial charge < -0.3 is 15.7 Å². The molecule has 1 saturated carbocycles. The van der Waals surface area contributed by atoms with Gasteiger partial charge in [0.15, 0.2) is 0 Å². The van der Waals surface area contributed by atoms with Gasteiger partial charge in [0.2, 0.25) is 0 Å². The van der Waals surface area contributed by atoms with E-state index in [1.54, 1.807) is 24.3 Å². The number of hydrogen-bond acceptors (Lipinski definition) is 3. The molecule has 1 fully saturated rings. The second-order valence-electron chi connectivity index (χ2n) is 5.45. The zero-order chi connectivity index (χ0) is 16.4. The van der Waals surface area contributed by atoms with Crippen LogP contribution in [-0.2, 0) is 0 Å². The molecule has 2 aromatic rings. The predicted octanol–water partition coefficient (Wildman–Crippen LogP) is 3.19. The van der Waals surface area contributed by atoms with Gasteiger partial charge in [-0.2, -0.15) is 0 Å². The standard InChI is InChI=1S/C17H15ClN2O3/c18-14-9-11(4-7-15(14)21)17(23)20-13-3-1-2-10(8-13)16(22)19-12-5-6-12/h1-4,7-9,12,21H,5-6H2,(H,19,22)(H,20,23). The maximum Gasteiger partial charge on any atom is 0.255 e. The molecule has 0 saturated heterocycles. The van der Waals surface area contributed by atoms with Crippen LogP contribution in [0.25, 0.3) is 0 Å². The highest BCUT2D eigenvalue weighted by Crippen LogP contribution is 2.24. The average Bonchev–Trinajstić information content (AvgIpc) is 3.34. The molecule has 3 rings (SSSR count). The minimum atomic E-state index is -0.369. The van der Waals surface area contributed by atoms with E-state index in [0.717, 1.165) is 12.8 Å². The number of phenolic OH excluding ortho intramolecular Hbond substituents is 1. The zero-order valence-corrected chi connectivity index (χ0v) is 12.9. The summed E-state index contributed by atoms with van der Waals surface area (Å²) in [6.45, 7) is 0. The third kappa shape index (κ3) is 3.81. The van der Waals surface area contributed by atoms with Gasteiger partial charge in [0.1, 0.15) is 5.75 Å². The maximum absolute atomic E-state index is 12.2. The number of aromatic hydroxyl groups is 1. The molecule has 0 atom stereocenters. The van der Waals surface area contributed by atoms with E-state index in [9.17, 15) is 14.7 Å². The van der Waals surface area contributed by atoms with Crippen molar-refractivity contribution in [2.45, 2.75) is 18.9 Å². The van der Waals surface area contributed by atoms with Crippen molar-refractivity contribution in [2.75, 3.05) is 5.32 Å². The number of carbonyl (C=O) groups excluding carboxylic acids is 2. The highest BCUT2D eigenvalue weighted by molar-refractivity contribution is 6.32. The smallest absolute Gasteiger partial charge is 0.255 e. The van der Waals surface area contributed by atoms with E-state index in [1.807, 2.05) is 0 Å². The summed E-state index contributed by atoms with van der Waals surface area (Å²) in [7, 11) is 0. The summed E-state index contributed by atoms with van der Waals surface area (Å²) < 4.78 is 0. The zero-order valence-electron chi connectivity index (χ0n) is 12.2. The highest BCUT2D eigenvalue weighted by Gasteiger charge is 2.23. The van der Waals surface area contributed by atoms with E-state index in [4.69, 9.17) is 11.6 Å². The Kier molecular flexibility index (Phi) is 4.21. The Hall–Kier alpha value is -2.53. The Morgan fingerprint density at radius 3 is 2.48 bits per heavy atom. The van der Waals surface area contributed by atoms with Gasteiger partial charge in [0.05, 0.1) is 5.02 Å². The second-order valence-corrected chi connectivity index (χ2v) is 5.86. The average molecular weight is 331 g/mol. The number of nitrogens with one attached hydrogen (secondary N) is 2. The lowest BCUT2D eigenvalue weighted by Gasteiger charge is -2.08. The van der Waals surface area contributed by atoms with Crippen LogP contribution in [-0.4, -0.2) is 23.0 Å². The normalized spacial score (nSPS) is 13.4. The van der Waals surface area contributed by atoms with Crippen LogP contribution in [0.3, 0.4) is 0 Å². The second kappa shape index (κ2) is 6.30. The molecule has 1 aliphatic carbocycles. The first-order chi connectivity index (χ1) is 11.0. The molecule has 0 aromatic heterocycles. The van der Waals surface area contributed by atoms with Crippen molar-refractivity contribution in [3.63, 3.8) is 0 Å². The van der Waals surface area contributed by atoms with Crippen LogP contribution in [0, 0.1) is 0 Å². The van der Waals surface area contributed by atoms with Gasteiger partial charge in [-0.05, 0) is 49.2 Å². The number of carbonyl (C=O) groups is 2. The summed E-state index contributed by atoms with van der Waals surface area (Å²) in [5.41, 5.74) is 1.33. The predicted molar refractivity (Wildman–Crippen MR) is 88.0 cm³/mol. The van der Waals surface area contributed by atoms with Gasteiger partial charge in [0, 0.05) is 22.9 Å². The third-order valence-electron chi connectivity index (χ3n) is 3.51. The molecule has 1 aliphatic rings. The molecule has 0 radical (unpaired) electrons. The molecular formula is C17H15ClN2O3. The minimum Gasteiger partial charge on any atom is -0.506 e. The molecule has 2 amide bonds. The molecule has 5 nitrogen and oxygen atoms in total. The van der Waals surface area contributed by atoms with Crippen LogP contribution >= 0.6 is 11.6 Å². The third-order valence-corrected chi connectivity index (χ3v) is 3.81. The van der Waals surface area contributed by atoms with Crippen molar-refractivity contribution in [3.05, 3.63) is 58.6 Å². The van der Waals surface area contributed by atoms with Gasteiger partial charge in [-0.25, -0.2) is 0 Å². The van der Waals surface area contributed by atoms with E-state index >= 15 is 0 Å². The number of benzene rings is 2. The van der Waals surface area contributed by atoms with Gasteiger partial charge in [0.25, 0.3) is 11.8 Å². The summed E-state index contributed by atoms with van der Waals surface area (Å²) in [5.74, 6) is -0.593. The van der Waals surface area contributed by atoms with E-state index in [0.29, 0.717) is 16.8 Å². The number of amides is 2. The monoisotopic (exact) mass is 330 g/mol. The fraction of sp³-hybridized carbons (Fsp3) is 0.176. The molecular weight excluding hydrogens is 316 g/mol. The Labute approximate surface area is 138 Å². The number of rotatable bonds is 4. The van der Waals surface area contributed by atoms with Crippen LogP contribution in [0.2, 0.25) is 5.02 Å². The SMILES string of the molecule is O=C(Nc1cccc(C(=O)NC2CC2)c1)c1ccc(O)c(Cl)c1. The highest BCUT2D eigenvalue weighted by atomic mass is 35.5. The number of halogens is 1. The molecule has 0 bridgehead atoms. The molecule has 3 N–H and O–H groups in total. The first-order valence-corrected chi connectivity index (χ1v) is 7.61. The first kappa shape index (κ1) is 15.4. The van der Waals surface area contributed by atoms with Crippen molar-refractivity contribution < 1.29 is 14.7 Å². The fourth-order valence-electron chi connectivity index (χ4n) is 2.09. The lowest BCUT2D eigenvalue weighted by Crippen LogP contribution is -2.25. The minimum absolute atomic E-state index is 0.0815. The van der Waals surface area contributed by atoms with Crippen molar-refractivity contribution in [2.24, 2.45) is 0 Å². The Morgan fingerprint density at radius 2 is 1.78 bits per heavy atom. The molecule has 0 spiro atoms. The Morgan fingerprint density at radius 1 is 1.04 bits per heavy atom. The molecule has 0 aliphatic heterocycles. The summed E-state index contributed by atoms with van der Waals surface area (Å²) in [5, 5.41) is 15.1. The lowest BCUT2D eigenvalue weighted by molar-refractivity contribution is 0.0949. The van der Waals surface area contributed by atoms with E-state index in [-0.39, 0.29) is 28.6 Å². The fourth-order valence-corrected chi connectivity index (χ4v) is 2.27. The Balaban J connectivity index is 1.72. The molecule has 0 heterocycles. The van der Waals surface area contributed by atoms with Crippen molar-refractivity contribution >= 4 is 29.1 Å². The number of hydrogen-bond donors (Lipinski definition) is 3. The topological polar surface area (TPSA) is 78.4 Å². The van der Waals surface area contributed by atoms with Crippen molar-refractivity contribution in [1.29, 1.82) is 0 Å². The summed E-state index contributed by atoms with van der Waals surface area (Å²) in [4.78, 5) is 24.2. The van der Waals surface area contributed by atoms with Gasteiger partial charge in [-0.1, -0.05) is 17.7 Å². The summed E-state index contributed by atoms with van der Waals surface area (Å²) >= 11 is 5.80. The number of anilines is 1. The first-order valence-electron chi connectivity index (χ1n) is 7.24. The quantitative estimate of drug-likeness (QED) is 0.805. The van der Waals surface area contributed by atoms with Gasteiger partial charge >= 0.3 is 0 Å². The summed E-state index contributed by atoms with van der Waals surface area (Å²) in [6.07, 6.45) is 2.04. The molecule has 23 heavy (non-hydrogen) atoms. The molecule has 118 valence electrons. The van der Waals surface area contributed by atoms with Crippen molar-refractivity contribution in [3.8, 4) is 5.75 Å². The van der Waals surface area contributed by atoms with Gasteiger partial charge in [-0.15, -0.1) is 0 Å². The largest absolute Gasteiger partial charge is 0.506 e. The molecule has 0 unspecified atom stereocenters. The molecule has 2 aromatic carbocycles. The number of phenols is 1. The molecule has 6 heteroatoms. The van der Waals surface area contributed by atoms with Crippen LogP contribution in [0.15, 0.2) is 42.5 Å². The van der Waals surface area contributed by atoms with E-state index in [1.165, 1.54) is 18.2 Å². The van der Waals surface area contributed by atoms with E-state index < -0.39 is 0 Å². The van der Waals surface area contributed by atoms with Gasteiger partial charge in [-0.3, -0.25) is 9.59 Å². The van der Waals surface area contributed by atoms with Crippen LogP contribution in [0.5, 0.6) is 5.75 Å². The van der Waals surface area contributed by atoms with Crippen LogP contribution in [0.1, 0.15) is 33.6 Å². The van der Waals surface area contributed by atoms with Crippen molar-refractivity contribution in [1.82, 2.24) is 5.32 Å².